The van der Waals surface area contributed by atoms with Gasteiger partial charge in [0.1, 0.15) is 11.5 Å². The summed E-state index contributed by atoms with van der Waals surface area (Å²) in [7, 11) is 0. The molecule has 0 radical (unpaired) electrons. The lowest BCUT2D eigenvalue weighted by Crippen LogP contribution is -2.05. The maximum atomic E-state index is 5.88. The molecule has 0 aliphatic carbocycles. The van der Waals surface area contributed by atoms with Gasteiger partial charge in [-0.25, -0.2) is 0 Å². The fraction of sp³-hybridized carbons (Fsp3) is 0.474. The van der Waals surface area contributed by atoms with Gasteiger partial charge in [0.25, 0.3) is 0 Å². The van der Waals surface area contributed by atoms with Crippen molar-refractivity contribution in [2.75, 3.05) is 13.2 Å². The molecule has 0 fully saturated rings. The van der Waals surface area contributed by atoms with Gasteiger partial charge in [-0.3, -0.25) is 0 Å². The van der Waals surface area contributed by atoms with Crippen molar-refractivity contribution in [2.24, 2.45) is 11.8 Å². The van der Waals surface area contributed by atoms with Gasteiger partial charge in [-0.05, 0) is 59.4 Å². The molecule has 0 saturated heterocycles. The first-order valence-corrected chi connectivity index (χ1v) is 7.75. The van der Waals surface area contributed by atoms with E-state index < -0.39 is 0 Å². The smallest absolute Gasteiger partial charge is 0.122 e. The molecule has 2 rings (SSSR count). The number of rotatable bonds is 6. The summed E-state index contributed by atoms with van der Waals surface area (Å²) in [5, 5.41) is 2.39. The molecule has 0 saturated carbocycles. The zero-order valence-corrected chi connectivity index (χ0v) is 13.8. The Balaban J connectivity index is 2.22. The highest BCUT2D eigenvalue weighted by atomic mass is 16.5. The molecule has 0 aliphatic heterocycles. The molecule has 0 heterocycles. The van der Waals surface area contributed by atoms with Gasteiger partial charge in [-0.15, -0.1) is 0 Å². The van der Waals surface area contributed by atoms with E-state index in [0.29, 0.717) is 11.8 Å². The Labute approximate surface area is 128 Å². The van der Waals surface area contributed by atoms with Gasteiger partial charge >= 0.3 is 0 Å². The first-order valence-electron chi connectivity index (χ1n) is 7.75. The highest BCUT2D eigenvalue weighted by Crippen LogP contribution is 2.28. The van der Waals surface area contributed by atoms with Crippen molar-refractivity contribution in [3.63, 3.8) is 0 Å². The molecule has 2 heteroatoms. The van der Waals surface area contributed by atoms with E-state index in [0.717, 1.165) is 24.7 Å². The van der Waals surface area contributed by atoms with Crippen molar-refractivity contribution in [3.8, 4) is 11.5 Å². The summed E-state index contributed by atoms with van der Waals surface area (Å²) in [6, 6.07) is 10.5. The van der Waals surface area contributed by atoms with Crippen LogP contribution < -0.4 is 9.47 Å². The minimum absolute atomic E-state index is 0.534. The largest absolute Gasteiger partial charge is 0.493 e. The molecule has 2 aromatic rings. The Morgan fingerprint density at radius 1 is 0.810 bits per heavy atom. The molecule has 2 aromatic carbocycles. The van der Waals surface area contributed by atoms with E-state index in [2.05, 4.69) is 58.9 Å². The number of fused-ring (bicyclic) bond motifs is 1. The molecule has 0 unspecified atom stereocenters. The van der Waals surface area contributed by atoms with E-state index in [1.54, 1.807) is 0 Å². The molecule has 21 heavy (non-hydrogen) atoms. The third-order valence-electron chi connectivity index (χ3n) is 3.26. The molecule has 2 nitrogen and oxygen atoms in total. The van der Waals surface area contributed by atoms with Crippen LogP contribution >= 0.6 is 0 Å². The number of hydrogen-bond donors (Lipinski definition) is 0. The molecule has 0 atom stereocenters. The number of ether oxygens (including phenoxy) is 2. The van der Waals surface area contributed by atoms with Crippen LogP contribution in [0.1, 0.15) is 33.3 Å². The quantitative estimate of drug-likeness (QED) is 0.725. The van der Waals surface area contributed by atoms with Crippen LogP contribution in [0.3, 0.4) is 0 Å². The molecule has 0 amide bonds. The fourth-order valence-electron chi connectivity index (χ4n) is 2.13. The molecule has 114 valence electrons. The van der Waals surface area contributed by atoms with E-state index in [9.17, 15) is 0 Å². The lowest BCUT2D eigenvalue weighted by molar-refractivity contribution is 0.269. The van der Waals surface area contributed by atoms with Crippen LogP contribution in [-0.2, 0) is 0 Å². The van der Waals surface area contributed by atoms with Crippen LogP contribution in [0.25, 0.3) is 10.8 Å². The lowest BCUT2D eigenvalue weighted by atomic mass is 10.1. The molecule has 0 N–H and O–H groups in total. The first-order chi connectivity index (χ1) is 9.95. The maximum Gasteiger partial charge on any atom is 0.122 e. The minimum atomic E-state index is 0.534. The van der Waals surface area contributed by atoms with Gasteiger partial charge in [0.05, 0.1) is 13.2 Å². The van der Waals surface area contributed by atoms with Gasteiger partial charge in [-0.1, -0.05) is 33.8 Å². The van der Waals surface area contributed by atoms with Gasteiger partial charge in [0, 0.05) is 0 Å². The Kier molecular flexibility index (Phi) is 5.11. The third-order valence-corrected chi connectivity index (χ3v) is 3.26. The van der Waals surface area contributed by atoms with Crippen LogP contribution in [0.4, 0.5) is 0 Å². The summed E-state index contributed by atoms with van der Waals surface area (Å²) in [5.41, 5.74) is 1.17. The second-order valence-electron chi connectivity index (χ2n) is 6.54. The molecule has 0 aliphatic rings. The van der Waals surface area contributed by atoms with E-state index in [1.807, 2.05) is 6.07 Å². The maximum absolute atomic E-state index is 5.88. The van der Waals surface area contributed by atoms with Crippen molar-refractivity contribution in [2.45, 2.75) is 34.6 Å². The van der Waals surface area contributed by atoms with Crippen molar-refractivity contribution in [3.05, 3.63) is 35.9 Å². The Morgan fingerprint density at radius 2 is 1.48 bits per heavy atom. The number of benzene rings is 2. The SMILES string of the molecule is Cc1cc2cc(OCC(C)C)ccc2cc1OCC(C)C. The third kappa shape index (κ3) is 4.38. The molecule has 0 bridgehead atoms. The number of aryl methyl sites for hydroxylation is 1. The fourth-order valence-corrected chi connectivity index (χ4v) is 2.13. The van der Waals surface area contributed by atoms with Crippen molar-refractivity contribution < 1.29 is 9.47 Å². The monoisotopic (exact) mass is 286 g/mol. The highest BCUT2D eigenvalue weighted by Gasteiger charge is 2.06. The molecule has 0 spiro atoms. The zero-order valence-electron chi connectivity index (χ0n) is 13.8. The average Bonchev–Trinajstić information content (AvgIpc) is 2.42. The second-order valence-corrected chi connectivity index (χ2v) is 6.54. The van der Waals surface area contributed by atoms with Crippen molar-refractivity contribution in [1.82, 2.24) is 0 Å². The summed E-state index contributed by atoms with van der Waals surface area (Å²) in [5.74, 6) is 2.99. The van der Waals surface area contributed by atoms with Crippen LogP contribution in [0.5, 0.6) is 11.5 Å². The van der Waals surface area contributed by atoms with Crippen LogP contribution in [0.15, 0.2) is 30.3 Å². The average molecular weight is 286 g/mol. The van der Waals surface area contributed by atoms with Gasteiger partial charge < -0.3 is 9.47 Å². The summed E-state index contributed by atoms with van der Waals surface area (Å²) in [4.78, 5) is 0. The van der Waals surface area contributed by atoms with E-state index in [4.69, 9.17) is 9.47 Å². The van der Waals surface area contributed by atoms with Crippen LogP contribution in [0.2, 0.25) is 0 Å². The molecule has 0 aromatic heterocycles. The predicted octanol–water partition coefficient (Wildman–Crippen LogP) is 5.22. The summed E-state index contributed by atoms with van der Waals surface area (Å²) in [6.07, 6.45) is 0. The number of hydrogen-bond acceptors (Lipinski definition) is 2. The summed E-state index contributed by atoms with van der Waals surface area (Å²) in [6.45, 7) is 12.2. The zero-order chi connectivity index (χ0) is 15.4. The normalized spacial score (nSPS) is 11.4. The first kappa shape index (κ1) is 15.7. The Bertz CT molecular complexity index is 600. The Morgan fingerprint density at radius 3 is 2.14 bits per heavy atom. The van der Waals surface area contributed by atoms with Crippen LogP contribution in [-0.4, -0.2) is 13.2 Å². The molecular formula is C19H26O2. The van der Waals surface area contributed by atoms with Gasteiger partial charge in [0.2, 0.25) is 0 Å². The van der Waals surface area contributed by atoms with E-state index in [1.165, 1.54) is 16.3 Å². The van der Waals surface area contributed by atoms with Gasteiger partial charge in [0.15, 0.2) is 0 Å². The Hall–Kier alpha value is -1.70. The van der Waals surface area contributed by atoms with Crippen LogP contribution in [0, 0.1) is 18.8 Å². The second kappa shape index (κ2) is 6.84. The van der Waals surface area contributed by atoms with E-state index in [-0.39, 0.29) is 0 Å². The standard InChI is InChI=1S/C19H26O2/c1-13(2)11-20-18-7-6-16-10-19(21-12-14(3)4)15(5)8-17(16)9-18/h6-10,13-14H,11-12H2,1-5H3. The summed E-state index contributed by atoms with van der Waals surface area (Å²) < 4.78 is 11.7. The van der Waals surface area contributed by atoms with Crippen molar-refractivity contribution >= 4 is 10.8 Å². The van der Waals surface area contributed by atoms with Gasteiger partial charge in [-0.2, -0.15) is 0 Å². The molecular weight excluding hydrogens is 260 g/mol. The van der Waals surface area contributed by atoms with Crippen molar-refractivity contribution in [1.29, 1.82) is 0 Å². The predicted molar refractivity (Wildman–Crippen MR) is 89.4 cm³/mol. The van der Waals surface area contributed by atoms with E-state index >= 15 is 0 Å². The lowest BCUT2D eigenvalue weighted by Gasteiger charge is -2.13. The minimum Gasteiger partial charge on any atom is -0.493 e. The topological polar surface area (TPSA) is 18.5 Å². The highest BCUT2D eigenvalue weighted by molar-refractivity contribution is 5.86. The summed E-state index contributed by atoms with van der Waals surface area (Å²) >= 11 is 0.